The summed E-state index contributed by atoms with van der Waals surface area (Å²) in [7, 11) is -3.21. The summed E-state index contributed by atoms with van der Waals surface area (Å²) < 4.78 is 31.5. The minimum atomic E-state index is -3.21. The van der Waals surface area contributed by atoms with E-state index in [-0.39, 0.29) is 12.1 Å². The van der Waals surface area contributed by atoms with Gasteiger partial charge in [0.2, 0.25) is 15.9 Å². The monoisotopic (exact) mass is 511 g/mol. The number of ether oxygens (including phenoxy) is 1. The van der Waals surface area contributed by atoms with Gasteiger partial charge in [0, 0.05) is 30.4 Å². The van der Waals surface area contributed by atoms with E-state index in [1.807, 2.05) is 49.4 Å². The molecule has 182 valence electrons. The van der Waals surface area contributed by atoms with Crippen LogP contribution >= 0.6 is 11.6 Å². The molecule has 1 atom stereocenters. The first-order valence-electron chi connectivity index (χ1n) is 11.5. The molecule has 10 heteroatoms. The molecule has 8 nitrogen and oxygen atoms in total. The number of nitrogens with zero attached hydrogens (tertiary/aromatic N) is 4. The number of hydrogen-bond donors (Lipinski definition) is 1. The van der Waals surface area contributed by atoms with E-state index in [1.165, 1.54) is 10.6 Å². The summed E-state index contributed by atoms with van der Waals surface area (Å²) in [5.41, 5.74) is 2.54. The number of rotatable bonds is 6. The van der Waals surface area contributed by atoms with Crippen LogP contribution in [0.1, 0.15) is 31.6 Å². The third-order valence-electron chi connectivity index (χ3n) is 6.21. The van der Waals surface area contributed by atoms with Crippen LogP contribution in [0.2, 0.25) is 5.02 Å². The molecule has 0 amide bonds. The minimum absolute atomic E-state index is 0.164. The van der Waals surface area contributed by atoms with Crippen molar-refractivity contribution < 1.29 is 13.2 Å². The molecule has 35 heavy (non-hydrogen) atoms. The van der Waals surface area contributed by atoms with Gasteiger partial charge in [0.25, 0.3) is 0 Å². The Labute approximate surface area is 209 Å². The van der Waals surface area contributed by atoms with Gasteiger partial charge in [-0.1, -0.05) is 35.9 Å². The molecule has 1 aliphatic heterocycles. The third kappa shape index (κ3) is 5.03. The topological polar surface area (TPSA) is 97.3 Å². The van der Waals surface area contributed by atoms with Crippen LogP contribution in [0, 0.1) is 0 Å². The highest BCUT2D eigenvalue weighted by Crippen LogP contribution is 2.33. The predicted octanol–water partition coefficient (Wildman–Crippen LogP) is 4.81. The normalized spacial score (nSPS) is 16.4. The van der Waals surface area contributed by atoms with Gasteiger partial charge in [-0.25, -0.2) is 17.7 Å². The molecule has 0 spiro atoms. The maximum atomic E-state index is 11.9. The molecular weight excluding hydrogens is 486 g/mol. The summed E-state index contributed by atoms with van der Waals surface area (Å²) in [6, 6.07) is 15.2. The molecule has 0 aliphatic carbocycles. The van der Waals surface area contributed by atoms with E-state index in [1.54, 1.807) is 12.3 Å². The number of hydrogen-bond acceptors (Lipinski definition) is 7. The van der Waals surface area contributed by atoms with Gasteiger partial charge in [-0.15, -0.1) is 0 Å². The third-order valence-corrected chi connectivity index (χ3v) is 7.83. The molecule has 1 N–H and O–H groups in total. The van der Waals surface area contributed by atoms with Crippen molar-refractivity contribution in [2.75, 3.05) is 24.7 Å². The number of benzene rings is 2. The predicted molar refractivity (Wildman–Crippen MR) is 138 cm³/mol. The van der Waals surface area contributed by atoms with Gasteiger partial charge in [-0.05, 0) is 44.0 Å². The summed E-state index contributed by atoms with van der Waals surface area (Å²) >= 11 is 6.52. The van der Waals surface area contributed by atoms with E-state index in [9.17, 15) is 8.42 Å². The van der Waals surface area contributed by atoms with Crippen LogP contribution in [0.5, 0.6) is 5.88 Å². The number of sulfonamides is 1. The largest absolute Gasteiger partial charge is 0.474 e. The first-order valence-corrected chi connectivity index (χ1v) is 13.7. The van der Waals surface area contributed by atoms with Crippen molar-refractivity contribution in [3.05, 3.63) is 65.6 Å². The van der Waals surface area contributed by atoms with Crippen LogP contribution in [0.15, 0.2) is 54.7 Å². The Bertz CT molecular complexity index is 1480. The fourth-order valence-electron chi connectivity index (χ4n) is 4.36. The quantitative estimate of drug-likeness (QED) is 0.397. The first kappa shape index (κ1) is 23.7. The fraction of sp³-hybridized carbons (Fsp3) is 0.320. The number of aromatic nitrogens is 3. The zero-order valence-corrected chi connectivity index (χ0v) is 21.1. The zero-order chi connectivity index (χ0) is 24.6. The van der Waals surface area contributed by atoms with E-state index >= 15 is 0 Å². The SMILES string of the molecule is C[C@H](Nc1ccnc2ccccc12)c1nc(OC2CCN(S(C)(=O)=O)CC2)c2c(Cl)cccc2n1. The molecule has 5 rings (SSSR count). The molecule has 1 aliphatic rings. The van der Waals surface area contributed by atoms with Gasteiger partial charge in [-0.3, -0.25) is 4.98 Å². The van der Waals surface area contributed by atoms with Crippen molar-refractivity contribution in [2.24, 2.45) is 0 Å². The van der Waals surface area contributed by atoms with Crippen molar-refractivity contribution in [1.82, 2.24) is 19.3 Å². The van der Waals surface area contributed by atoms with Crippen molar-refractivity contribution in [3.8, 4) is 5.88 Å². The van der Waals surface area contributed by atoms with Crippen LogP contribution in [-0.4, -0.2) is 53.1 Å². The maximum absolute atomic E-state index is 11.9. The lowest BCUT2D eigenvalue weighted by molar-refractivity contribution is 0.131. The number of nitrogens with one attached hydrogen (secondary N) is 1. The summed E-state index contributed by atoms with van der Waals surface area (Å²) in [4.78, 5) is 14.0. The van der Waals surface area contributed by atoms with E-state index in [2.05, 4.69) is 10.3 Å². The van der Waals surface area contributed by atoms with Crippen molar-refractivity contribution in [3.63, 3.8) is 0 Å². The van der Waals surface area contributed by atoms with Crippen LogP contribution in [0.25, 0.3) is 21.8 Å². The fourth-order valence-corrected chi connectivity index (χ4v) is 5.49. The number of piperidine rings is 1. The molecule has 1 saturated heterocycles. The van der Waals surface area contributed by atoms with Crippen LogP contribution in [0.4, 0.5) is 5.69 Å². The van der Waals surface area contributed by atoms with Gasteiger partial charge in [0.15, 0.2) is 5.82 Å². The molecule has 0 unspecified atom stereocenters. The highest BCUT2D eigenvalue weighted by atomic mass is 35.5. The minimum Gasteiger partial charge on any atom is -0.474 e. The van der Waals surface area contributed by atoms with E-state index < -0.39 is 10.0 Å². The van der Waals surface area contributed by atoms with Crippen LogP contribution in [-0.2, 0) is 10.0 Å². The van der Waals surface area contributed by atoms with Crippen LogP contribution < -0.4 is 10.1 Å². The second-order valence-corrected chi connectivity index (χ2v) is 11.1. The molecule has 0 bridgehead atoms. The molecular formula is C25H26ClN5O3S. The Hall–Kier alpha value is -3.01. The van der Waals surface area contributed by atoms with Crippen molar-refractivity contribution in [2.45, 2.75) is 31.9 Å². The Balaban J connectivity index is 1.45. The smallest absolute Gasteiger partial charge is 0.226 e. The zero-order valence-electron chi connectivity index (χ0n) is 19.5. The lowest BCUT2D eigenvalue weighted by Gasteiger charge is -2.30. The summed E-state index contributed by atoms with van der Waals surface area (Å²) in [5, 5.41) is 5.69. The molecule has 1 fully saturated rings. The Morgan fingerprint density at radius 1 is 1.06 bits per heavy atom. The molecule has 0 radical (unpaired) electrons. The average molecular weight is 512 g/mol. The standard InChI is InChI=1S/C25H26ClN5O3S/c1-16(28-21-10-13-27-20-8-4-3-6-18(20)21)24-29-22-9-5-7-19(26)23(22)25(30-24)34-17-11-14-31(15-12-17)35(2,32)33/h3-10,13,16-17H,11-12,14-15H2,1-2H3,(H,27,28)/t16-/m0/s1. The number of anilines is 1. The molecule has 0 saturated carbocycles. The van der Waals surface area contributed by atoms with E-state index in [4.69, 9.17) is 26.3 Å². The van der Waals surface area contributed by atoms with Crippen molar-refractivity contribution >= 4 is 49.1 Å². The number of halogens is 1. The van der Waals surface area contributed by atoms with Gasteiger partial charge < -0.3 is 10.1 Å². The lowest BCUT2D eigenvalue weighted by atomic mass is 10.1. The molecule has 3 heterocycles. The van der Waals surface area contributed by atoms with Gasteiger partial charge in [-0.2, -0.15) is 4.98 Å². The molecule has 4 aromatic rings. The van der Waals surface area contributed by atoms with Gasteiger partial charge >= 0.3 is 0 Å². The summed E-state index contributed by atoms with van der Waals surface area (Å²) in [6.45, 7) is 2.83. The highest BCUT2D eigenvalue weighted by molar-refractivity contribution is 7.88. The van der Waals surface area contributed by atoms with E-state index in [0.29, 0.717) is 53.6 Å². The van der Waals surface area contributed by atoms with Gasteiger partial charge in [0.05, 0.1) is 33.7 Å². The Morgan fingerprint density at radius 3 is 2.57 bits per heavy atom. The lowest BCUT2D eigenvalue weighted by Crippen LogP contribution is -2.41. The van der Waals surface area contributed by atoms with E-state index in [0.717, 1.165) is 16.6 Å². The molecule has 2 aromatic carbocycles. The number of para-hydroxylation sites is 1. The Morgan fingerprint density at radius 2 is 1.80 bits per heavy atom. The first-order chi connectivity index (χ1) is 16.8. The van der Waals surface area contributed by atoms with Crippen molar-refractivity contribution in [1.29, 1.82) is 0 Å². The summed E-state index contributed by atoms with van der Waals surface area (Å²) in [6.07, 6.45) is 4.00. The molecule has 2 aromatic heterocycles. The Kier molecular flexibility index (Phi) is 6.48. The average Bonchev–Trinajstić information content (AvgIpc) is 2.84. The highest BCUT2D eigenvalue weighted by Gasteiger charge is 2.27. The van der Waals surface area contributed by atoms with Gasteiger partial charge in [0.1, 0.15) is 6.10 Å². The second kappa shape index (κ2) is 9.56. The van der Waals surface area contributed by atoms with Crippen LogP contribution in [0.3, 0.4) is 0 Å². The maximum Gasteiger partial charge on any atom is 0.226 e. The number of fused-ring (bicyclic) bond motifs is 2. The second-order valence-electron chi connectivity index (χ2n) is 8.74. The summed E-state index contributed by atoms with van der Waals surface area (Å²) in [5.74, 6) is 0.992. The number of pyridine rings is 1.